The van der Waals surface area contributed by atoms with Crippen LogP contribution in [0.5, 0.6) is 0 Å². The molecule has 152 valence electrons. The minimum absolute atomic E-state index is 0.119. The van der Waals surface area contributed by atoms with Crippen molar-refractivity contribution in [3.63, 3.8) is 0 Å². The maximum atomic E-state index is 12.4. The van der Waals surface area contributed by atoms with Crippen molar-refractivity contribution in [1.29, 1.82) is 0 Å². The van der Waals surface area contributed by atoms with E-state index in [0.29, 0.717) is 18.1 Å². The van der Waals surface area contributed by atoms with Crippen molar-refractivity contribution in [2.45, 2.75) is 18.9 Å². The van der Waals surface area contributed by atoms with Crippen LogP contribution in [0.3, 0.4) is 0 Å². The minimum atomic E-state index is -0.598. The van der Waals surface area contributed by atoms with Gasteiger partial charge in [-0.1, -0.05) is 11.6 Å². The van der Waals surface area contributed by atoms with Gasteiger partial charge in [-0.15, -0.1) is 0 Å². The third-order valence-electron chi connectivity index (χ3n) is 4.55. The number of carbonyl (C=O) groups excluding carboxylic acids is 2. The van der Waals surface area contributed by atoms with Gasteiger partial charge in [0.1, 0.15) is 5.82 Å². The first-order valence-electron chi connectivity index (χ1n) is 9.20. The number of rotatable bonds is 5. The molecular formula is C20H22ClN5O3. The number of carbonyl (C=O) groups is 2. The van der Waals surface area contributed by atoms with E-state index in [1.165, 1.54) is 11.6 Å². The predicted octanol–water partition coefficient (Wildman–Crippen LogP) is 3.36. The quantitative estimate of drug-likeness (QED) is 0.340. The summed E-state index contributed by atoms with van der Waals surface area (Å²) in [6.07, 6.45) is 6.04. The van der Waals surface area contributed by atoms with Crippen LogP contribution in [0.4, 0.5) is 16.3 Å². The Bertz CT molecular complexity index is 863. The lowest BCUT2D eigenvalue weighted by Crippen LogP contribution is -2.44. The lowest BCUT2D eigenvalue weighted by molar-refractivity contribution is -0.124. The highest BCUT2D eigenvalue weighted by Crippen LogP contribution is 2.18. The number of likely N-dealkylation sites (tertiary alicyclic amines) is 1. The van der Waals surface area contributed by atoms with E-state index in [9.17, 15) is 9.59 Å². The Labute approximate surface area is 173 Å². The van der Waals surface area contributed by atoms with Gasteiger partial charge in [0.05, 0.1) is 0 Å². The second kappa shape index (κ2) is 9.90. The summed E-state index contributed by atoms with van der Waals surface area (Å²) < 4.78 is 0. The fourth-order valence-electron chi connectivity index (χ4n) is 2.97. The van der Waals surface area contributed by atoms with Crippen LogP contribution in [0.2, 0.25) is 5.02 Å². The average molecular weight is 416 g/mol. The zero-order valence-corrected chi connectivity index (χ0v) is 16.4. The van der Waals surface area contributed by atoms with Gasteiger partial charge in [0.2, 0.25) is 0 Å². The molecule has 2 heterocycles. The summed E-state index contributed by atoms with van der Waals surface area (Å²) >= 11 is 5.86. The summed E-state index contributed by atoms with van der Waals surface area (Å²) in [6, 6.07) is 10.8. The highest BCUT2D eigenvalue weighted by molar-refractivity contribution is 6.30. The Balaban J connectivity index is 1.45. The van der Waals surface area contributed by atoms with Crippen molar-refractivity contribution in [3.05, 3.63) is 59.3 Å². The van der Waals surface area contributed by atoms with Gasteiger partial charge in [0.25, 0.3) is 5.91 Å². The zero-order valence-electron chi connectivity index (χ0n) is 15.6. The molecule has 3 amide bonds. The van der Waals surface area contributed by atoms with E-state index >= 15 is 0 Å². The third kappa shape index (κ3) is 6.20. The van der Waals surface area contributed by atoms with Crippen molar-refractivity contribution in [2.75, 3.05) is 23.7 Å². The van der Waals surface area contributed by atoms with E-state index in [2.05, 4.69) is 15.6 Å². The third-order valence-corrected chi connectivity index (χ3v) is 4.81. The van der Waals surface area contributed by atoms with Crippen molar-refractivity contribution < 1.29 is 14.8 Å². The van der Waals surface area contributed by atoms with E-state index in [1.54, 1.807) is 41.4 Å². The van der Waals surface area contributed by atoms with Gasteiger partial charge in [-0.2, -0.15) is 0 Å². The Morgan fingerprint density at radius 3 is 2.48 bits per heavy atom. The summed E-state index contributed by atoms with van der Waals surface area (Å²) in [4.78, 5) is 29.5. The highest BCUT2D eigenvalue weighted by Gasteiger charge is 2.23. The summed E-state index contributed by atoms with van der Waals surface area (Å²) in [5, 5.41) is 15.3. The molecule has 29 heavy (non-hydrogen) atoms. The van der Waals surface area contributed by atoms with Gasteiger partial charge in [-0.3, -0.25) is 10.0 Å². The molecule has 0 bridgehead atoms. The van der Waals surface area contributed by atoms with Crippen molar-refractivity contribution in [2.24, 2.45) is 0 Å². The number of aromatic nitrogens is 1. The Kier molecular flexibility index (Phi) is 7.04. The Morgan fingerprint density at radius 2 is 1.86 bits per heavy atom. The first-order valence-corrected chi connectivity index (χ1v) is 9.57. The van der Waals surface area contributed by atoms with Crippen LogP contribution in [-0.2, 0) is 4.79 Å². The van der Waals surface area contributed by atoms with E-state index < -0.39 is 5.91 Å². The number of amides is 3. The molecule has 0 unspecified atom stereocenters. The van der Waals surface area contributed by atoms with Gasteiger partial charge in [0, 0.05) is 42.1 Å². The number of pyridine rings is 1. The van der Waals surface area contributed by atoms with E-state index in [1.807, 2.05) is 12.1 Å². The number of urea groups is 1. The molecule has 1 aliphatic heterocycles. The van der Waals surface area contributed by atoms with Crippen LogP contribution in [-0.4, -0.2) is 46.2 Å². The summed E-state index contributed by atoms with van der Waals surface area (Å²) in [7, 11) is 0. The molecule has 8 nitrogen and oxygen atoms in total. The molecule has 1 aromatic carbocycles. The molecule has 1 saturated heterocycles. The number of nitrogens with zero attached hydrogens (tertiary/aromatic N) is 2. The minimum Gasteiger partial charge on any atom is -0.367 e. The summed E-state index contributed by atoms with van der Waals surface area (Å²) in [6.45, 7) is 1.29. The molecule has 1 aliphatic rings. The smallest absolute Gasteiger partial charge is 0.321 e. The molecule has 0 radical (unpaired) electrons. The van der Waals surface area contributed by atoms with Gasteiger partial charge in [-0.25, -0.2) is 15.3 Å². The highest BCUT2D eigenvalue weighted by atomic mass is 35.5. The number of nitrogens with one attached hydrogen (secondary N) is 3. The molecule has 0 aliphatic carbocycles. The molecule has 9 heteroatoms. The van der Waals surface area contributed by atoms with Crippen LogP contribution in [0.25, 0.3) is 6.08 Å². The molecule has 1 fully saturated rings. The summed E-state index contributed by atoms with van der Waals surface area (Å²) in [5.41, 5.74) is 2.99. The topological polar surface area (TPSA) is 107 Å². The van der Waals surface area contributed by atoms with Crippen molar-refractivity contribution in [3.8, 4) is 0 Å². The van der Waals surface area contributed by atoms with Crippen LogP contribution in [0.1, 0.15) is 18.4 Å². The predicted molar refractivity (Wildman–Crippen MR) is 112 cm³/mol. The molecule has 0 saturated carbocycles. The number of hydroxylamine groups is 1. The first kappa shape index (κ1) is 20.6. The SMILES string of the molecule is O=C(C=Cc1ccc(NC2CCN(C(=O)Nc3ccc(Cl)cc3)CC2)nc1)NO. The number of anilines is 2. The fraction of sp³-hybridized carbons (Fsp3) is 0.250. The van der Waals surface area contributed by atoms with Gasteiger partial charge < -0.3 is 15.5 Å². The molecule has 0 spiro atoms. The van der Waals surface area contributed by atoms with Crippen LogP contribution in [0, 0.1) is 0 Å². The van der Waals surface area contributed by atoms with Crippen LogP contribution in [0.15, 0.2) is 48.7 Å². The molecule has 0 atom stereocenters. The zero-order chi connectivity index (χ0) is 20.6. The number of halogens is 1. The molecule has 2 aromatic rings. The summed E-state index contributed by atoms with van der Waals surface area (Å²) in [5.74, 6) is 0.136. The molecule has 1 aromatic heterocycles. The normalized spacial score (nSPS) is 14.6. The standard InChI is InChI=1S/C20H22ClN5O3/c21-15-3-5-16(6-4-15)24-20(28)26-11-9-17(10-12-26)23-18-7-1-14(13-22-18)2-8-19(27)25-29/h1-8,13,17,29H,9-12H2,(H,22,23)(H,24,28)(H,25,27). The van der Waals surface area contributed by atoms with Crippen molar-refractivity contribution >= 4 is 41.1 Å². The van der Waals surface area contributed by atoms with Crippen molar-refractivity contribution in [1.82, 2.24) is 15.4 Å². The Hall–Kier alpha value is -3.10. The van der Waals surface area contributed by atoms with E-state index in [4.69, 9.17) is 16.8 Å². The Morgan fingerprint density at radius 1 is 1.14 bits per heavy atom. The average Bonchev–Trinajstić information content (AvgIpc) is 2.75. The number of piperidine rings is 1. The molecular weight excluding hydrogens is 394 g/mol. The van der Waals surface area contributed by atoms with Crippen LogP contribution < -0.4 is 16.1 Å². The number of hydrogen-bond acceptors (Lipinski definition) is 5. The first-order chi connectivity index (χ1) is 14.0. The monoisotopic (exact) mass is 415 g/mol. The second-order valence-electron chi connectivity index (χ2n) is 6.63. The van der Waals surface area contributed by atoms with Gasteiger partial charge >= 0.3 is 6.03 Å². The fourth-order valence-corrected chi connectivity index (χ4v) is 3.10. The van der Waals surface area contributed by atoms with E-state index in [0.717, 1.165) is 29.9 Å². The number of benzene rings is 1. The van der Waals surface area contributed by atoms with Crippen LogP contribution >= 0.6 is 11.6 Å². The molecule has 4 N–H and O–H groups in total. The van der Waals surface area contributed by atoms with E-state index in [-0.39, 0.29) is 12.1 Å². The van der Waals surface area contributed by atoms with Gasteiger partial charge in [-0.05, 0) is 60.9 Å². The number of hydrogen-bond donors (Lipinski definition) is 4. The molecule has 3 rings (SSSR count). The maximum absolute atomic E-state index is 12.4. The largest absolute Gasteiger partial charge is 0.367 e. The van der Waals surface area contributed by atoms with Gasteiger partial charge in [0.15, 0.2) is 0 Å². The lowest BCUT2D eigenvalue weighted by atomic mass is 10.1. The maximum Gasteiger partial charge on any atom is 0.321 e. The lowest BCUT2D eigenvalue weighted by Gasteiger charge is -2.32. The second-order valence-corrected chi connectivity index (χ2v) is 7.07.